The lowest BCUT2D eigenvalue weighted by Gasteiger charge is -2.08. The lowest BCUT2D eigenvalue weighted by Crippen LogP contribution is -2.01. The van der Waals surface area contributed by atoms with Gasteiger partial charge < -0.3 is 21.3 Å². The number of rotatable bonds is 4. The summed E-state index contributed by atoms with van der Waals surface area (Å²) in [6, 6.07) is 22.7. The van der Waals surface area contributed by atoms with Gasteiger partial charge in [-0.2, -0.15) is 0 Å². The molecule has 0 aliphatic heterocycles. The first-order valence-corrected chi connectivity index (χ1v) is 7.71. The van der Waals surface area contributed by atoms with Crippen LogP contribution in [-0.2, 0) is 0 Å². The predicted molar refractivity (Wildman–Crippen MR) is 101 cm³/mol. The molecule has 0 unspecified atom stereocenters. The van der Waals surface area contributed by atoms with Gasteiger partial charge in [-0.1, -0.05) is 42.5 Å². The fraction of sp³-hybridized carbons (Fsp3) is 0. The van der Waals surface area contributed by atoms with Crippen LogP contribution in [0.25, 0.3) is 0 Å². The molecule has 0 aliphatic carbocycles. The summed E-state index contributed by atoms with van der Waals surface area (Å²) in [5.41, 5.74) is 7.54. The number of benzene rings is 3. The number of hydrogen-bond acceptors (Lipinski definition) is 4. The predicted octanol–water partition coefficient (Wildman–Crippen LogP) is 4.10. The standard InChI is InChI=1S/C13H11NO2.C7H7NO2/c15-13(16)11-8-4-5-9-12(11)14-10-6-2-1-3-7-10;8-6-4-2-1-3-5(6)7(9)10/h1-9,14H,(H,15,16);1-4H,8H2,(H,9,10). The molecule has 0 atom stereocenters. The van der Waals surface area contributed by atoms with Crippen LogP contribution in [0.1, 0.15) is 20.7 Å². The average Bonchev–Trinajstić information content (AvgIpc) is 2.63. The number of carbonyl (C=O) groups is 2. The Morgan fingerprint density at radius 2 is 1.19 bits per heavy atom. The van der Waals surface area contributed by atoms with E-state index in [1.54, 1.807) is 42.5 Å². The van der Waals surface area contributed by atoms with Gasteiger partial charge in [-0.3, -0.25) is 0 Å². The molecule has 3 aromatic rings. The van der Waals surface area contributed by atoms with Crippen molar-refractivity contribution in [1.82, 2.24) is 0 Å². The smallest absolute Gasteiger partial charge is 0.337 e. The van der Waals surface area contributed by atoms with Gasteiger partial charge in [-0.25, -0.2) is 9.59 Å². The molecule has 0 spiro atoms. The van der Waals surface area contributed by atoms with Gasteiger partial charge in [0, 0.05) is 11.4 Å². The molecule has 0 heterocycles. The molecular formula is C20H18N2O4. The number of nitrogens with one attached hydrogen (secondary N) is 1. The second-order valence-electron chi connectivity index (χ2n) is 5.23. The van der Waals surface area contributed by atoms with Crippen LogP contribution >= 0.6 is 0 Å². The molecule has 5 N–H and O–H groups in total. The molecule has 0 amide bonds. The molecule has 0 radical (unpaired) electrons. The van der Waals surface area contributed by atoms with Crippen LogP contribution in [0.5, 0.6) is 0 Å². The average molecular weight is 350 g/mol. The molecular weight excluding hydrogens is 332 g/mol. The fourth-order valence-corrected chi connectivity index (χ4v) is 2.15. The number of carboxylic acid groups (broad SMARTS) is 2. The number of anilines is 3. The van der Waals surface area contributed by atoms with Crippen molar-refractivity contribution in [3.05, 3.63) is 90.0 Å². The largest absolute Gasteiger partial charge is 0.478 e. The Balaban J connectivity index is 0.000000209. The van der Waals surface area contributed by atoms with Gasteiger partial charge in [0.15, 0.2) is 0 Å². The van der Waals surface area contributed by atoms with Gasteiger partial charge in [0.25, 0.3) is 0 Å². The van der Waals surface area contributed by atoms with Crippen LogP contribution in [0, 0.1) is 0 Å². The molecule has 6 heteroatoms. The van der Waals surface area contributed by atoms with E-state index in [2.05, 4.69) is 5.32 Å². The van der Waals surface area contributed by atoms with E-state index < -0.39 is 11.9 Å². The van der Waals surface area contributed by atoms with E-state index in [0.29, 0.717) is 11.4 Å². The summed E-state index contributed by atoms with van der Waals surface area (Å²) < 4.78 is 0. The Labute approximate surface area is 150 Å². The Hall–Kier alpha value is -3.80. The third kappa shape index (κ3) is 5.10. The molecule has 132 valence electrons. The number of para-hydroxylation sites is 3. The Bertz CT molecular complexity index is 895. The normalized spacial score (nSPS) is 9.54. The summed E-state index contributed by atoms with van der Waals surface area (Å²) in [5, 5.41) is 20.6. The summed E-state index contributed by atoms with van der Waals surface area (Å²) in [4.78, 5) is 21.3. The van der Waals surface area contributed by atoms with Gasteiger partial charge in [0.2, 0.25) is 0 Å². The molecule has 3 rings (SSSR count). The minimum absolute atomic E-state index is 0.155. The first-order chi connectivity index (χ1) is 12.5. The number of carboxylic acids is 2. The SMILES string of the molecule is Nc1ccccc1C(=O)O.O=C(O)c1ccccc1Nc1ccccc1. The maximum absolute atomic E-state index is 11.0. The van der Waals surface area contributed by atoms with Crippen LogP contribution in [0.4, 0.5) is 17.1 Å². The Kier molecular flexibility index (Phi) is 6.34. The highest BCUT2D eigenvalue weighted by molar-refractivity contribution is 5.95. The van der Waals surface area contributed by atoms with Crippen molar-refractivity contribution in [3.63, 3.8) is 0 Å². The molecule has 0 saturated carbocycles. The third-order valence-corrected chi connectivity index (χ3v) is 3.40. The number of aromatic carboxylic acids is 2. The maximum atomic E-state index is 11.0. The van der Waals surface area contributed by atoms with Crippen molar-refractivity contribution < 1.29 is 19.8 Å². The van der Waals surface area contributed by atoms with Crippen LogP contribution in [0.15, 0.2) is 78.9 Å². The molecule has 0 bridgehead atoms. The highest BCUT2D eigenvalue weighted by Gasteiger charge is 2.08. The second-order valence-corrected chi connectivity index (χ2v) is 5.23. The first-order valence-electron chi connectivity index (χ1n) is 7.71. The summed E-state index contributed by atoms with van der Waals surface area (Å²) in [7, 11) is 0. The van der Waals surface area contributed by atoms with Crippen molar-refractivity contribution in [2.75, 3.05) is 11.1 Å². The highest BCUT2D eigenvalue weighted by atomic mass is 16.4. The van der Waals surface area contributed by atoms with E-state index in [-0.39, 0.29) is 11.1 Å². The summed E-state index contributed by atoms with van der Waals surface area (Å²) in [6.07, 6.45) is 0. The van der Waals surface area contributed by atoms with Crippen LogP contribution < -0.4 is 11.1 Å². The van der Waals surface area contributed by atoms with E-state index in [9.17, 15) is 9.59 Å². The lowest BCUT2D eigenvalue weighted by atomic mass is 10.1. The lowest BCUT2D eigenvalue weighted by molar-refractivity contribution is 0.0687. The molecule has 0 saturated heterocycles. The topological polar surface area (TPSA) is 113 Å². The number of hydrogen-bond donors (Lipinski definition) is 4. The molecule has 26 heavy (non-hydrogen) atoms. The second kappa shape index (κ2) is 8.89. The zero-order chi connectivity index (χ0) is 18.9. The van der Waals surface area contributed by atoms with E-state index in [0.717, 1.165) is 5.69 Å². The van der Waals surface area contributed by atoms with E-state index in [1.807, 2.05) is 30.3 Å². The minimum Gasteiger partial charge on any atom is -0.478 e. The molecule has 0 aliphatic rings. The van der Waals surface area contributed by atoms with Gasteiger partial charge >= 0.3 is 11.9 Å². The van der Waals surface area contributed by atoms with Gasteiger partial charge in [-0.05, 0) is 36.4 Å². The Morgan fingerprint density at radius 3 is 1.73 bits per heavy atom. The highest BCUT2D eigenvalue weighted by Crippen LogP contribution is 2.20. The summed E-state index contributed by atoms with van der Waals surface area (Å²) >= 11 is 0. The molecule has 3 aromatic carbocycles. The molecule has 0 fully saturated rings. The van der Waals surface area contributed by atoms with E-state index in [1.165, 1.54) is 6.07 Å². The van der Waals surface area contributed by atoms with E-state index >= 15 is 0 Å². The van der Waals surface area contributed by atoms with Crippen molar-refractivity contribution in [3.8, 4) is 0 Å². The third-order valence-electron chi connectivity index (χ3n) is 3.40. The number of nitrogen functional groups attached to an aromatic ring is 1. The van der Waals surface area contributed by atoms with Crippen molar-refractivity contribution in [1.29, 1.82) is 0 Å². The van der Waals surface area contributed by atoms with Gasteiger partial charge in [0.05, 0.1) is 16.8 Å². The first kappa shape index (κ1) is 18.5. The van der Waals surface area contributed by atoms with Crippen LogP contribution in [0.2, 0.25) is 0 Å². The molecule has 0 aromatic heterocycles. The number of nitrogens with two attached hydrogens (primary N) is 1. The zero-order valence-corrected chi connectivity index (χ0v) is 13.8. The van der Waals surface area contributed by atoms with E-state index in [4.69, 9.17) is 15.9 Å². The van der Waals surface area contributed by atoms with Crippen LogP contribution in [-0.4, -0.2) is 22.2 Å². The molecule has 6 nitrogen and oxygen atoms in total. The fourth-order valence-electron chi connectivity index (χ4n) is 2.15. The van der Waals surface area contributed by atoms with Gasteiger partial charge in [-0.15, -0.1) is 0 Å². The Morgan fingerprint density at radius 1 is 0.692 bits per heavy atom. The van der Waals surface area contributed by atoms with Crippen LogP contribution in [0.3, 0.4) is 0 Å². The quantitative estimate of drug-likeness (QED) is 0.527. The summed E-state index contributed by atoms with van der Waals surface area (Å²) in [5.74, 6) is -1.92. The zero-order valence-electron chi connectivity index (χ0n) is 13.8. The maximum Gasteiger partial charge on any atom is 0.337 e. The van der Waals surface area contributed by atoms with Crippen molar-refractivity contribution in [2.45, 2.75) is 0 Å². The monoisotopic (exact) mass is 350 g/mol. The van der Waals surface area contributed by atoms with Crippen molar-refractivity contribution >= 4 is 29.0 Å². The van der Waals surface area contributed by atoms with Crippen molar-refractivity contribution in [2.24, 2.45) is 0 Å². The van der Waals surface area contributed by atoms with Gasteiger partial charge in [0.1, 0.15) is 0 Å². The minimum atomic E-state index is -0.988. The summed E-state index contributed by atoms with van der Waals surface area (Å²) in [6.45, 7) is 0.